The zero-order valence-electron chi connectivity index (χ0n) is 13.6. The second-order valence-electron chi connectivity index (χ2n) is 6.08. The van der Waals surface area contributed by atoms with Crippen molar-refractivity contribution in [2.24, 2.45) is 0 Å². The number of hydrogen-bond acceptors (Lipinski definition) is 5. The molecule has 3 aromatic rings. The van der Waals surface area contributed by atoms with Gasteiger partial charge in [-0.1, -0.05) is 0 Å². The van der Waals surface area contributed by atoms with Crippen LogP contribution in [0.2, 0.25) is 0 Å². The Morgan fingerprint density at radius 2 is 1.88 bits per heavy atom. The SMILES string of the molecule is O=C(Nc1ccc(N2CCCCC2)cc1)c1cnc2sccn2c1=O. The average molecular weight is 354 g/mol. The number of piperidine rings is 1. The number of nitrogens with zero attached hydrogens (tertiary/aromatic N) is 3. The molecular formula is C18H18N4O2S. The van der Waals surface area contributed by atoms with E-state index < -0.39 is 5.91 Å². The largest absolute Gasteiger partial charge is 0.372 e. The number of amides is 1. The van der Waals surface area contributed by atoms with E-state index in [-0.39, 0.29) is 11.1 Å². The first-order valence-electron chi connectivity index (χ1n) is 8.33. The average Bonchev–Trinajstić information content (AvgIpc) is 3.13. The molecule has 1 fully saturated rings. The number of fused-ring (bicyclic) bond motifs is 1. The first-order chi connectivity index (χ1) is 12.2. The molecule has 1 aromatic carbocycles. The maximum atomic E-state index is 12.4. The quantitative estimate of drug-likeness (QED) is 0.785. The van der Waals surface area contributed by atoms with Crippen LogP contribution in [0.15, 0.2) is 46.8 Å². The summed E-state index contributed by atoms with van der Waals surface area (Å²) in [4.78, 5) is 31.8. The van der Waals surface area contributed by atoms with E-state index in [1.165, 1.54) is 46.9 Å². The first kappa shape index (κ1) is 15.8. The van der Waals surface area contributed by atoms with Gasteiger partial charge in [-0.15, -0.1) is 11.3 Å². The minimum absolute atomic E-state index is 0.0380. The summed E-state index contributed by atoms with van der Waals surface area (Å²) in [5.74, 6) is -0.441. The van der Waals surface area contributed by atoms with Gasteiger partial charge in [-0.2, -0.15) is 0 Å². The van der Waals surface area contributed by atoms with Gasteiger partial charge in [0.2, 0.25) is 0 Å². The van der Waals surface area contributed by atoms with Crippen LogP contribution in [0.25, 0.3) is 4.96 Å². The van der Waals surface area contributed by atoms with Crippen molar-refractivity contribution in [1.29, 1.82) is 0 Å². The summed E-state index contributed by atoms with van der Waals surface area (Å²) >= 11 is 1.36. The number of carbonyl (C=O) groups is 1. The molecule has 128 valence electrons. The number of carbonyl (C=O) groups excluding carboxylic acids is 1. The molecule has 0 unspecified atom stereocenters. The molecule has 0 spiro atoms. The summed E-state index contributed by atoms with van der Waals surface area (Å²) in [7, 11) is 0. The Labute approximate surface area is 148 Å². The van der Waals surface area contributed by atoms with Gasteiger partial charge in [0.05, 0.1) is 0 Å². The van der Waals surface area contributed by atoms with Crippen molar-refractivity contribution in [1.82, 2.24) is 9.38 Å². The van der Waals surface area contributed by atoms with Gasteiger partial charge >= 0.3 is 0 Å². The van der Waals surface area contributed by atoms with Gasteiger partial charge in [0, 0.05) is 42.2 Å². The van der Waals surface area contributed by atoms with Gasteiger partial charge in [-0.25, -0.2) is 4.98 Å². The standard InChI is InChI=1S/C18H18N4O2S/c23-16(15-12-19-18-22(17(15)24)10-11-25-18)20-13-4-6-14(7-5-13)21-8-2-1-3-9-21/h4-7,10-12H,1-3,8-9H2,(H,20,23). The van der Waals surface area contributed by atoms with Crippen LogP contribution >= 0.6 is 11.3 Å². The molecule has 0 saturated carbocycles. The van der Waals surface area contributed by atoms with E-state index in [0.717, 1.165) is 13.1 Å². The monoisotopic (exact) mass is 354 g/mol. The maximum absolute atomic E-state index is 12.4. The molecule has 0 radical (unpaired) electrons. The summed E-state index contributed by atoms with van der Waals surface area (Å²) in [5, 5.41) is 4.55. The Hall–Kier alpha value is -2.67. The lowest BCUT2D eigenvalue weighted by Crippen LogP contribution is -2.29. The van der Waals surface area contributed by atoms with Gasteiger partial charge in [0.25, 0.3) is 11.5 Å². The highest BCUT2D eigenvalue weighted by Gasteiger charge is 2.15. The van der Waals surface area contributed by atoms with Crippen molar-refractivity contribution < 1.29 is 4.79 Å². The second kappa shape index (κ2) is 6.68. The normalized spacial score (nSPS) is 14.6. The van der Waals surface area contributed by atoms with Crippen molar-refractivity contribution in [2.45, 2.75) is 19.3 Å². The molecule has 4 rings (SSSR count). The molecule has 0 bridgehead atoms. The Morgan fingerprint density at radius 3 is 2.64 bits per heavy atom. The third-order valence-electron chi connectivity index (χ3n) is 4.43. The van der Waals surface area contributed by atoms with Gasteiger partial charge in [-0.3, -0.25) is 14.0 Å². The van der Waals surface area contributed by atoms with Gasteiger partial charge in [0.15, 0.2) is 4.96 Å². The Kier molecular flexibility index (Phi) is 4.23. The summed E-state index contributed by atoms with van der Waals surface area (Å²) in [6.45, 7) is 2.16. The van der Waals surface area contributed by atoms with E-state index in [9.17, 15) is 9.59 Å². The minimum atomic E-state index is -0.441. The fourth-order valence-corrected chi connectivity index (χ4v) is 3.76. The molecule has 0 atom stereocenters. The lowest BCUT2D eigenvalue weighted by atomic mass is 10.1. The lowest BCUT2D eigenvalue weighted by molar-refractivity contribution is 0.102. The van der Waals surface area contributed by atoms with Crippen LogP contribution in [0.3, 0.4) is 0 Å². The summed E-state index contributed by atoms with van der Waals surface area (Å²) in [5.41, 5.74) is 1.52. The van der Waals surface area contributed by atoms with Crippen LogP contribution < -0.4 is 15.8 Å². The highest BCUT2D eigenvalue weighted by Crippen LogP contribution is 2.22. The predicted molar refractivity (Wildman–Crippen MR) is 99.8 cm³/mol. The number of anilines is 2. The molecule has 2 aromatic heterocycles. The van der Waals surface area contributed by atoms with E-state index in [2.05, 4.69) is 15.2 Å². The Morgan fingerprint density at radius 1 is 1.12 bits per heavy atom. The van der Waals surface area contributed by atoms with Crippen LogP contribution in [-0.4, -0.2) is 28.4 Å². The third kappa shape index (κ3) is 3.15. The number of thiazole rings is 1. The summed E-state index contributed by atoms with van der Waals surface area (Å²) < 4.78 is 1.39. The predicted octanol–water partition coefficient (Wildman–Crippen LogP) is 3.00. The topological polar surface area (TPSA) is 66.7 Å². The lowest BCUT2D eigenvalue weighted by Gasteiger charge is -2.28. The number of benzene rings is 1. The first-order valence-corrected chi connectivity index (χ1v) is 9.21. The van der Waals surface area contributed by atoms with E-state index in [0.29, 0.717) is 10.6 Å². The van der Waals surface area contributed by atoms with Crippen molar-refractivity contribution in [2.75, 3.05) is 23.3 Å². The molecule has 1 aliphatic heterocycles. The van der Waals surface area contributed by atoms with Crippen molar-refractivity contribution in [3.05, 3.63) is 58.0 Å². The zero-order chi connectivity index (χ0) is 17.2. The van der Waals surface area contributed by atoms with Crippen LogP contribution in [0, 0.1) is 0 Å². The van der Waals surface area contributed by atoms with E-state index in [4.69, 9.17) is 0 Å². The zero-order valence-corrected chi connectivity index (χ0v) is 14.5. The number of aromatic nitrogens is 2. The summed E-state index contributed by atoms with van der Waals surface area (Å²) in [6.07, 6.45) is 6.70. The number of rotatable bonds is 3. The highest BCUT2D eigenvalue weighted by atomic mass is 32.1. The van der Waals surface area contributed by atoms with Gasteiger partial charge in [-0.05, 0) is 43.5 Å². The third-order valence-corrected chi connectivity index (χ3v) is 5.20. The fraction of sp³-hybridized carbons (Fsp3) is 0.278. The molecule has 25 heavy (non-hydrogen) atoms. The van der Waals surface area contributed by atoms with E-state index in [1.54, 1.807) is 11.6 Å². The molecule has 7 heteroatoms. The second-order valence-corrected chi connectivity index (χ2v) is 6.95. The molecule has 1 amide bonds. The molecule has 6 nitrogen and oxygen atoms in total. The maximum Gasteiger partial charge on any atom is 0.271 e. The molecule has 1 N–H and O–H groups in total. The van der Waals surface area contributed by atoms with Gasteiger partial charge in [0.1, 0.15) is 5.56 Å². The van der Waals surface area contributed by atoms with E-state index in [1.807, 2.05) is 24.3 Å². The van der Waals surface area contributed by atoms with Crippen LogP contribution in [0.4, 0.5) is 11.4 Å². The fourth-order valence-electron chi connectivity index (χ4n) is 3.09. The molecular weight excluding hydrogens is 336 g/mol. The van der Waals surface area contributed by atoms with Crippen LogP contribution in [0.5, 0.6) is 0 Å². The van der Waals surface area contributed by atoms with Crippen LogP contribution in [0.1, 0.15) is 29.6 Å². The Bertz CT molecular complexity index is 955. The van der Waals surface area contributed by atoms with Gasteiger partial charge < -0.3 is 10.2 Å². The molecule has 0 aliphatic carbocycles. The van der Waals surface area contributed by atoms with Crippen molar-refractivity contribution >= 4 is 33.6 Å². The van der Waals surface area contributed by atoms with Crippen molar-refractivity contribution in [3.63, 3.8) is 0 Å². The van der Waals surface area contributed by atoms with Crippen molar-refractivity contribution in [3.8, 4) is 0 Å². The Balaban J connectivity index is 1.51. The van der Waals surface area contributed by atoms with Crippen LogP contribution in [-0.2, 0) is 0 Å². The molecule has 1 saturated heterocycles. The summed E-state index contributed by atoms with van der Waals surface area (Å²) in [6, 6.07) is 7.76. The minimum Gasteiger partial charge on any atom is -0.372 e. The molecule has 3 heterocycles. The van der Waals surface area contributed by atoms with E-state index >= 15 is 0 Å². The smallest absolute Gasteiger partial charge is 0.271 e. The number of nitrogens with one attached hydrogen (secondary N) is 1. The highest BCUT2D eigenvalue weighted by molar-refractivity contribution is 7.15. The molecule has 1 aliphatic rings. The number of hydrogen-bond donors (Lipinski definition) is 1.